The van der Waals surface area contributed by atoms with Crippen LogP contribution in [0, 0.1) is 13.8 Å². The highest BCUT2D eigenvalue weighted by atomic mass is 16.2. The van der Waals surface area contributed by atoms with Crippen molar-refractivity contribution in [3.63, 3.8) is 0 Å². The number of amides is 2. The molecule has 4 nitrogen and oxygen atoms in total. The topological polar surface area (TPSA) is 49.4 Å². The molecule has 24 heavy (non-hydrogen) atoms. The average Bonchev–Trinajstić information content (AvgIpc) is 2.55. The number of carbonyl (C=O) groups excluding carboxylic acids is 2. The normalized spacial score (nSPS) is 10.3. The molecule has 0 saturated heterocycles. The first-order chi connectivity index (χ1) is 11.4. The third-order valence-corrected chi connectivity index (χ3v) is 3.99. The first kappa shape index (κ1) is 17.7. The second-order valence-corrected chi connectivity index (χ2v) is 5.99. The summed E-state index contributed by atoms with van der Waals surface area (Å²) in [6.07, 6.45) is 0.938. The number of benzene rings is 2. The summed E-state index contributed by atoms with van der Waals surface area (Å²) in [4.78, 5) is 25.8. The van der Waals surface area contributed by atoms with Crippen LogP contribution in [-0.2, 0) is 16.0 Å². The minimum absolute atomic E-state index is 0.00583. The fourth-order valence-electron chi connectivity index (χ4n) is 2.58. The van der Waals surface area contributed by atoms with Gasteiger partial charge in [0, 0.05) is 18.3 Å². The molecule has 0 aromatic heterocycles. The molecule has 2 aromatic carbocycles. The maximum absolute atomic E-state index is 12.4. The number of carbonyl (C=O) groups is 2. The molecule has 2 aromatic rings. The number of anilines is 2. The van der Waals surface area contributed by atoms with E-state index in [1.165, 1.54) is 17.4 Å². The van der Waals surface area contributed by atoms with Gasteiger partial charge in [-0.05, 0) is 49.6 Å². The van der Waals surface area contributed by atoms with E-state index in [2.05, 4.69) is 12.2 Å². The fraction of sp³-hybridized carbons (Fsp3) is 0.300. The lowest BCUT2D eigenvalue weighted by molar-refractivity contribution is -0.120. The van der Waals surface area contributed by atoms with Crippen LogP contribution in [0.3, 0.4) is 0 Å². The Labute approximate surface area is 143 Å². The van der Waals surface area contributed by atoms with Gasteiger partial charge in [-0.3, -0.25) is 9.59 Å². The monoisotopic (exact) mass is 324 g/mol. The smallest absolute Gasteiger partial charge is 0.244 e. The van der Waals surface area contributed by atoms with E-state index < -0.39 is 0 Å². The Balaban J connectivity index is 2.11. The van der Waals surface area contributed by atoms with Gasteiger partial charge in [-0.25, -0.2) is 0 Å². The lowest BCUT2D eigenvalue weighted by atomic mass is 10.1. The van der Waals surface area contributed by atoms with Crippen molar-refractivity contribution in [1.29, 1.82) is 0 Å². The van der Waals surface area contributed by atoms with Crippen LogP contribution in [0.5, 0.6) is 0 Å². The van der Waals surface area contributed by atoms with E-state index in [-0.39, 0.29) is 18.4 Å². The molecule has 2 amide bonds. The molecule has 0 unspecified atom stereocenters. The molecular formula is C20H24N2O2. The molecule has 0 saturated carbocycles. The molecule has 0 aliphatic heterocycles. The summed E-state index contributed by atoms with van der Waals surface area (Å²) in [5, 5.41) is 2.88. The van der Waals surface area contributed by atoms with Gasteiger partial charge >= 0.3 is 0 Å². The van der Waals surface area contributed by atoms with Gasteiger partial charge in [0.1, 0.15) is 6.54 Å². The van der Waals surface area contributed by atoms with E-state index in [0.29, 0.717) is 0 Å². The summed E-state index contributed by atoms with van der Waals surface area (Å²) in [5.74, 6) is -0.369. The molecule has 1 N–H and O–H groups in total. The molecule has 0 aliphatic carbocycles. The van der Waals surface area contributed by atoms with Gasteiger partial charge < -0.3 is 10.2 Å². The van der Waals surface area contributed by atoms with Crippen molar-refractivity contribution < 1.29 is 9.59 Å². The Hall–Kier alpha value is -2.62. The summed E-state index contributed by atoms with van der Waals surface area (Å²) in [6, 6.07) is 13.6. The van der Waals surface area contributed by atoms with Gasteiger partial charge in [0.15, 0.2) is 0 Å². The van der Waals surface area contributed by atoms with E-state index in [0.717, 1.165) is 28.9 Å². The Morgan fingerprint density at radius 3 is 2.25 bits per heavy atom. The highest BCUT2D eigenvalue weighted by Gasteiger charge is 2.16. The second kappa shape index (κ2) is 7.77. The van der Waals surface area contributed by atoms with Crippen LogP contribution in [0.2, 0.25) is 0 Å². The summed E-state index contributed by atoms with van der Waals surface area (Å²) in [7, 11) is 0. The first-order valence-electron chi connectivity index (χ1n) is 8.15. The van der Waals surface area contributed by atoms with Crippen LogP contribution >= 0.6 is 0 Å². The summed E-state index contributed by atoms with van der Waals surface area (Å²) in [5.41, 5.74) is 4.85. The molecule has 0 aliphatic rings. The van der Waals surface area contributed by atoms with Crippen molar-refractivity contribution >= 4 is 23.2 Å². The van der Waals surface area contributed by atoms with Crippen LogP contribution in [0.4, 0.5) is 11.4 Å². The molecule has 0 heterocycles. The quantitative estimate of drug-likeness (QED) is 0.908. The first-order valence-corrected chi connectivity index (χ1v) is 8.15. The summed E-state index contributed by atoms with van der Waals surface area (Å²) < 4.78 is 0. The third-order valence-electron chi connectivity index (χ3n) is 3.99. The SMILES string of the molecule is CCc1ccc(N(CC(=O)Nc2ccc(C)cc2C)C(C)=O)cc1. The van der Waals surface area contributed by atoms with Gasteiger partial charge in [0.05, 0.1) is 0 Å². The molecule has 4 heteroatoms. The van der Waals surface area contributed by atoms with Crippen LogP contribution < -0.4 is 10.2 Å². The highest BCUT2D eigenvalue weighted by Crippen LogP contribution is 2.18. The Kier molecular flexibility index (Phi) is 5.74. The molecule has 126 valence electrons. The number of hydrogen-bond donors (Lipinski definition) is 1. The van der Waals surface area contributed by atoms with Crippen LogP contribution in [-0.4, -0.2) is 18.4 Å². The van der Waals surface area contributed by atoms with E-state index in [1.54, 1.807) is 0 Å². The predicted octanol–water partition coefficient (Wildman–Crippen LogP) is 3.86. The van der Waals surface area contributed by atoms with Crippen molar-refractivity contribution in [2.24, 2.45) is 0 Å². The Morgan fingerprint density at radius 2 is 1.71 bits per heavy atom. The lowest BCUT2D eigenvalue weighted by Crippen LogP contribution is -2.36. The minimum atomic E-state index is -0.211. The fourth-order valence-corrected chi connectivity index (χ4v) is 2.58. The van der Waals surface area contributed by atoms with Crippen molar-refractivity contribution in [3.8, 4) is 0 Å². The molecule has 0 radical (unpaired) electrons. The van der Waals surface area contributed by atoms with Crippen LogP contribution in [0.25, 0.3) is 0 Å². The van der Waals surface area contributed by atoms with E-state index in [1.807, 2.05) is 56.3 Å². The maximum Gasteiger partial charge on any atom is 0.244 e. The van der Waals surface area contributed by atoms with Crippen molar-refractivity contribution in [1.82, 2.24) is 0 Å². The standard InChI is InChI=1S/C20H24N2O2/c1-5-17-7-9-18(10-8-17)22(16(4)23)13-20(24)21-19-11-6-14(2)12-15(19)3/h6-12H,5,13H2,1-4H3,(H,21,24). The van der Waals surface area contributed by atoms with Crippen molar-refractivity contribution in [2.45, 2.75) is 34.1 Å². The number of rotatable bonds is 5. The number of hydrogen-bond acceptors (Lipinski definition) is 2. The molecule has 0 bridgehead atoms. The molecule has 0 spiro atoms. The van der Waals surface area contributed by atoms with Gasteiger partial charge in [-0.1, -0.05) is 36.8 Å². The van der Waals surface area contributed by atoms with Crippen LogP contribution in [0.15, 0.2) is 42.5 Å². The lowest BCUT2D eigenvalue weighted by Gasteiger charge is -2.21. The Morgan fingerprint density at radius 1 is 1.04 bits per heavy atom. The highest BCUT2D eigenvalue weighted by molar-refractivity contribution is 6.02. The van der Waals surface area contributed by atoms with Crippen molar-refractivity contribution in [3.05, 3.63) is 59.2 Å². The van der Waals surface area contributed by atoms with Gasteiger partial charge in [0.25, 0.3) is 0 Å². The number of nitrogens with zero attached hydrogens (tertiary/aromatic N) is 1. The van der Waals surface area contributed by atoms with Crippen molar-refractivity contribution in [2.75, 3.05) is 16.8 Å². The van der Waals surface area contributed by atoms with E-state index >= 15 is 0 Å². The number of aryl methyl sites for hydroxylation is 3. The predicted molar refractivity (Wildman–Crippen MR) is 98.4 cm³/mol. The molecule has 0 atom stereocenters. The molecule has 2 rings (SSSR count). The van der Waals surface area contributed by atoms with E-state index in [4.69, 9.17) is 0 Å². The summed E-state index contributed by atoms with van der Waals surface area (Å²) in [6.45, 7) is 7.51. The van der Waals surface area contributed by atoms with Gasteiger partial charge in [-0.2, -0.15) is 0 Å². The second-order valence-electron chi connectivity index (χ2n) is 5.99. The molecule has 0 fully saturated rings. The maximum atomic E-state index is 12.4. The third kappa shape index (κ3) is 4.44. The number of nitrogens with one attached hydrogen (secondary N) is 1. The minimum Gasteiger partial charge on any atom is -0.324 e. The van der Waals surface area contributed by atoms with Gasteiger partial charge in [-0.15, -0.1) is 0 Å². The summed E-state index contributed by atoms with van der Waals surface area (Å²) >= 11 is 0. The Bertz CT molecular complexity index is 736. The zero-order chi connectivity index (χ0) is 17.7. The van der Waals surface area contributed by atoms with Crippen LogP contribution in [0.1, 0.15) is 30.5 Å². The molecular weight excluding hydrogens is 300 g/mol. The zero-order valence-corrected chi connectivity index (χ0v) is 14.7. The largest absolute Gasteiger partial charge is 0.324 e. The van der Waals surface area contributed by atoms with E-state index in [9.17, 15) is 9.59 Å². The zero-order valence-electron chi connectivity index (χ0n) is 14.7. The average molecular weight is 324 g/mol. The van der Waals surface area contributed by atoms with Gasteiger partial charge in [0.2, 0.25) is 11.8 Å².